The van der Waals surface area contributed by atoms with E-state index in [4.69, 9.17) is 16.6 Å². The van der Waals surface area contributed by atoms with E-state index in [9.17, 15) is 4.79 Å². The van der Waals surface area contributed by atoms with Crippen molar-refractivity contribution < 1.29 is 14.9 Å². The highest BCUT2D eigenvalue weighted by Gasteiger charge is 2.14. The average Bonchev–Trinajstić information content (AvgIpc) is 2.48. The molecule has 0 saturated heterocycles. The molecule has 5 heteroatoms. The zero-order valence-corrected chi connectivity index (χ0v) is 10.1. The van der Waals surface area contributed by atoms with E-state index < -0.39 is 12.0 Å². The van der Waals surface area contributed by atoms with Crippen molar-refractivity contribution in [3.63, 3.8) is 0 Å². The molecule has 6 N–H and O–H groups in total. The number of carbonyl (C=O) groups is 1. The van der Waals surface area contributed by atoms with Crippen LogP contribution in [0.25, 0.3) is 0 Å². The SMILES string of the molecule is NC1=[NH+]C(C/C=C\CC(N)C(=O)O)CCCC1. The van der Waals surface area contributed by atoms with E-state index in [2.05, 4.69) is 4.99 Å². The first-order valence-electron chi connectivity index (χ1n) is 6.11. The fraction of sp³-hybridized carbons (Fsp3) is 0.667. The van der Waals surface area contributed by atoms with Crippen LogP contribution in [0.1, 0.15) is 38.5 Å². The molecule has 0 radical (unpaired) electrons. The number of nitrogens with one attached hydrogen (secondary N) is 1. The van der Waals surface area contributed by atoms with Crippen LogP contribution in [0, 0.1) is 0 Å². The molecular weight excluding hydrogens is 218 g/mol. The lowest BCUT2D eigenvalue weighted by Crippen LogP contribution is -2.80. The topological polar surface area (TPSA) is 103 Å². The number of hydrogen-bond donors (Lipinski definition) is 4. The van der Waals surface area contributed by atoms with Gasteiger partial charge < -0.3 is 10.8 Å². The average molecular weight is 240 g/mol. The van der Waals surface area contributed by atoms with Gasteiger partial charge in [0.05, 0.1) is 6.04 Å². The van der Waals surface area contributed by atoms with Crippen LogP contribution in [-0.2, 0) is 4.79 Å². The Balaban J connectivity index is 2.31. The summed E-state index contributed by atoms with van der Waals surface area (Å²) in [5.74, 6) is -0.0945. The molecule has 2 unspecified atom stereocenters. The Kier molecular flexibility index (Phi) is 5.69. The van der Waals surface area contributed by atoms with Crippen LogP contribution < -0.4 is 16.5 Å². The molecule has 0 aromatic heterocycles. The van der Waals surface area contributed by atoms with Crippen LogP contribution in [0.5, 0.6) is 0 Å². The molecule has 0 amide bonds. The lowest BCUT2D eigenvalue weighted by Gasteiger charge is -2.05. The second kappa shape index (κ2) is 7.06. The minimum atomic E-state index is -0.959. The van der Waals surface area contributed by atoms with Crippen LogP contribution >= 0.6 is 0 Å². The van der Waals surface area contributed by atoms with Gasteiger partial charge in [0, 0.05) is 12.8 Å². The first-order chi connectivity index (χ1) is 8.09. The van der Waals surface area contributed by atoms with Gasteiger partial charge in [-0.25, -0.2) is 0 Å². The molecule has 0 bridgehead atoms. The first-order valence-corrected chi connectivity index (χ1v) is 6.11. The summed E-state index contributed by atoms with van der Waals surface area (Å²) in [5, 5.41) is 8.61. The minimum Gasteiger partial charge on any atom is -0.480 e. The predicted molar refractivity (Wildman–Crippen MR) is 66.4 cm³/mol. The minimum absolute atomic E-state index is 0.370. The monoisotopic (exact) mass is 240 g/mol. The molecule has 0 aromatic rings. The van der Waals surface area contributed by atoms with Gasteiger partial charge in [0.25, 0.3) is 0 Å². The zero-order valence-electron chi connectivity index (χ0n) is 10.1. The fourth-order valence-corrected chi connectivity index (χ4v) is 1.89. The molecule has 96 valence electrons. The van der Waals surface area contributed by atoms with Crippen molar-refractivity contribution in [1.82, 2.24) is 0 Å². The van der Waals surface area contributed by atoms with E-state index in [0.717, 1.165) is 31.5 Å². The molecule has 0 fully saturated rings. The Morgan fingerprint density at radius 3 is 3.00 bits per heavy atom. The third-order valence-electron chi connectivity index (χ3n) is 2.93. The third-order valence-corrected chi connectivity index (χ3v) is 2.93. The van der Waals surface area contributed by atoms with E-state index in [1.807, 2.05) is 12.2 Å². The van der Waals surface area contributed by atoms with Gasteiger partial charge in [-0.1, -0.05) is 12.2 Å². The summed E-state index contributed by atoms with van der Waals surface area (Å²) >= 11 is 0. The smallest absolute Gasteiger partial charge is 0.320 e. The van der Waals surface area contributed by atoms with Gasteiger partial charge in [-0.2, -0.15) is 0 Å². The Labute approximate surface area is 102 Å². The van der Waals surface area contributed by atoms with E-state index in [0.29, 0.717) is 12.5 Å². The maximum atomic E-state index is 10.5. The highest BCUT2D eigenvalue weighted by atomic mass is 16.4. The highest BCUT2D eigenvalue weighted by Crippen LogP contribution is 2.06. The number of amidine groups is 1. The number of carboxylic acid groups (broad SMARTS) is 1. The number of nitrogens with two attached hydrogens (primary N) is 2. The molecule has 1 aliphatic rings. The molecule has 0 saturated carbocycles. The highest BCUT2D eigenvalue weighted by molar-refractivity contribution is 5.74. The van der Waals surface area contributed by atoms with E-state index in [1.54, 1.807) is 0 Å². The summed E-state index contributed by atoms with van der Waals surface area (Å²) in [6.07, 6.45) is 9.44. The Bertz CT molecular complexity index is 313. The normalized spacial score (nSPS) is 23.1. The third kappa shape index (κ3) is 5.49. The zero-order chi connectivity index (χ0) is 12.7. The number of carboxylic acids is 1. The largest absolute Gasteiger partial charge is 0.480 e. The van der Waals surface area contributed by atoms with Crippen LogP contribution in [0.2, 0.25) is 0 Å². The van der Waals surface area contributed by atoms with E-state index in [1.165, 1.54) is 6.42 Å². The maximum absolute atomic E-state index is 10.5. The Morgan fingerprint density at radius 2 is 2.29 bits per heavy atom. The lowest BCUT2D eigenvalue weighted by molar-refractivity contribution is -0.504. The molecule has 17 heavy (non-hydrogen) atoms. The molecule has 1 aliphatic heterocycles. The van der Waals surface area contributed by atoms with Crippen molar-refractivity contribution in [3.8, 4) is 0 Å². The summed E-state index contributed by atoms with van der Waals surface area (Å²) in [6.45, 7) is 0. The predicted octanol–water partition coefficient (Wildman–Crippen LogP) is -0.885. The number of hydrogen-bond acceptors (Lipinski definition) is 3. The standard InChI is InChI=1S/C12H21N3O2/c13-10(12(16)17)7-3-1-5-9-6-2-4-8-11(14)15-9/h1,3,9-10H,2,4-8,13H2,(H2,14,15)(H,16,17)/p+1/b3-1-. The van der Waals surface area contributed by atoms with Crippen LogP contribution in [-0.4, -0.2) is 29.0 Å². The van der Waals surface area contributed by atoms with Gasteiger partial charge in [0.15, 0.2) is 0 Å². The summed E-state index contributed by atoms with van der Waals surface area (Å²) < 4.78 is 0. The van der Waals surface area contributed by atoms with Gasteiger partial charge in [0.1, 0.15) is 6.04 Å². The molecule has 5 nitrogen and oxygen atoms in total. The van der Waals surface area contributed by atoms with Crippen LogP contribution in [0.3, 0.4) is 0 Å². The molecule has 0 aliphatic carbocycles. The molecule has 1 heterocycles. The van der Waals surface area contributed by atoms with Crippen molar-refractivity contribution >= 4 is 11.8 Å². The molecule has 1 rings (SSSR count). The van der Waals surface area contributed by atoms with Crippen molar-refractivity contribution in [2.45, 2.75) is 50.6 Å². The molecule has 2 atom stereocenters. The van der Waals surface area contributed by atoms with Crippen LogP contribution in [0.4, 0.5) is 0 Å². The Hall–Kier alpha value is -1.36. The lowest BCUT2D eigenvalue weighted by atomic mass is 10.1. The van der Waals surface area contributed by atoms with Crippen molar-refractivity contribution in [2.75, 3.05) is 0 Å². The molecule has 0 spiro atoms. The van der Waals surface area contributed by atoms with E-state index >= 15 is 0 Å². The van der Waals surface area contributed by atoms with Crippen molar-refractivity contribution in [3.05, 3.63) is 12.2 Å². The van der Waals surface area contributed by atoms with Gasteiger partial charge in [0.2, 0.25) is 5.84 Å². The van der Waals surface area contributed by atoms with Gasteiger partial charge in [-0.15, -0.1) is 0 Å². The first kappa shape index (κ1) is 13.7. The maximum Gasteiger partial charge on any atom is 0.320 e. The van der Waals surface area contributed by atoms with Crippen LogP contribution in [0.15, 0.2) is 12.2 Å². The second-order valence-electron chi connectivity index (χ2n) is 4.50. The molecular formula is C12H22N3O2+. The summed E-state index contributed by atoms with van der Waals surface area (Å²) in [6, 6.07) is -0.431. The molecule has 0 aromatic carbocycles. The second-order valence-corrected chi connectivity index (χ2v) is 4.50. The van der Waals surface area contributed by atoms with Crippen molar-refractivity contribution in [1.29, 1.82) is 0 Å². The van der Waals surface area contributed by atoms with Gasteiger partial charge in [-0.05, 0) is 25.7 Å². The fourth-order valence-electron chi connectivity index (χ4n) is 1.89. The van der Waals surface area contributed by atoms with Crippen molar-refractivity contribution in [2.24, 2.45) is 11.5 Å². The summed E-state index contributed by atoms with van der Waals surface area (Å²) in [4.78, 5) is 13.8. The number of aliphatic carboxylic acids is 1. The summed E-state index contributed by atoms with van der Waals surface area (Å²) in [7, 11) is 0. The Morgan fingerprint density at radius 1 is 1.53 bits per heavy atom. The summed E-state index contributed by atoms with van der Waals surface area (Å²) in [5.41, 5.74) is 11.2. The van der Waals surface area contributed by atoms with Gasteiger partial charge in [-0.3, -0.25) is 15.5 Å². The number of rotatable bonds is 5. The van der Waals surface area contributed by atoms with E-state index in [-0.39, 0.29) is 0 Å². The quantitative estimate of drug-likeness (QED) is 0.468. The van der Waals surface area contributed by atoms with Gasteiger partial charge >= 0.3 is 5.97 Å².